The van der Waals surface area contributed by atoms with Crippen LogP contribution < -0.4 is 5.32 Å². The van der Waals surface area contributed by atoms with Crippen molar-refractivity contribution in [2.45, 2.75) is 30.7 Å². The van der Waals surface area contributed by atoms with E-state index in [1.807, 2.05) is 12.1 Å². The van der Waals surface area contributed by atoms with Crippen LogP contribution in [0.5, 0.6) is 0 Å². The van der Waals surface area contributed by atoms with Crippen LogP contribution in [0.1, 0.15) is 31.4 Å². The van der Waals surface area contributed by atoms with E-state index >= 15 is 0 Å². The summed E-state index contributed by atoms with van der Waals surface area (Å²) < 4.78 is 23.7. The van der Waals surface area contributed by atoms with Gasteiger partial charge in [0.1, 0.15) is 0 Å². The number of fused-ring (bicyclic) bond motifs is 1. The Bertz CT molecular complexity index is 468. The number of hydrogen-bond donors (Lipinski definition) is 1. The summed E-state index contributed by atoms with van der Waals surface area (Å²) in [5.74, 6) is 0.204. The fourth-order valence-corrected chi connectivity index (χ4v) is 3.84. The molecule has 4 heteroatoms. The van der Waals surface area contributed by atoms with Crippen LogP contribution >= 0.6 is 0 Å². The third-order valence-electron chi connectivity index (χ3n) is 2.94. The Morgan fingerprint density at radius 2 is 2.12 bits per heavy atom. The van der Waals surface area contributed by atoms with Crippen LogP contribution in [-0.2, 0) is 9.84 Å². The lowest BCUT2D eigenvalue weighted by atomic mass is 10.1. The molecule has 1 aliphatic heterocycles. The molecule has 1 aromatic carbocycles. The van der Waals surface area contributed by atoms with Crippen molar-refractivity contribution in [3.05, 3.63) is 29.8 Å². The minimum absolute atomic E-state index is 0.0206. The van der Waals surface area contributed by atoms with Gasteiger partial charge in [0.2, 0.25) is 0 Å². The molecule has 0 saturated carbocycles. The Balaban J connectivity index is 2.20. The molecule has 0 fully saturated rings. The summed E-state index contributed by atoms with van der Waals surface area (Å²) in [7, 11) is -3.05. The first kappa shape index (κ1) is 11.6. The number of rotatable bonds is 4. The van der Waals surface area contributed by atoms with Gasteiger partial charge in [0.05, 0.1) is 10.6 Å². The quantitative estimate of drug-likeness (QED) is 0.816. The van der Waals surface area contributed by atoms with Gasteiger partial charge in [0.15, 0.2) is 9.84 Å². The van der Waals surface area contributed by atoms with E-state index < -0.39 is 9.84 Å². The summed E-state index contributed by atoms with van der Waals surface area (Å²) >= 11 is 0. The molecule has 16 heavy (non-hydrogen) atoms. The third kappa shape index (κ3) is 2.13. The van der Waals surface area contributed by atoms with Gasteiger partial charge in [-0.1, -0.05) is 31.5 Å². The van der Waals surface area contributed by atoms with Crippen molar-refractivity contribution in [2.24, 2.45) is 0 Å². The number of nitrogens with one attached hydrogen (secondary N) is 1. The lowest BCUT2D eigenvalue weighted by Crippen LogP contribution is -2.23. The summed E-state index contributed by atoms with van der Waals surface area (Å²) in [6.07, 6.45) is 2.20. The van der Waals surface area contributed by atoms with Crippen molar-refractivity contribution in [2.75, 3.05) is 12.3 Å². The molecule has 0 radical (unpaired) electrons. The fourth-order valence-electron chi connectivity index (χ4n) is 2.07. The van der Waals surface area contributed by atoms with E-state index in [4.69, 9.17) is 0 Å². The highest BCUT2D eigenvalue weighted by atomic mass is 32.2. The largest absolute Gasteiger partial charge is 0.309 e. The molecule has 0 spiro atoms. The summed E-state index contributed by atoms with van der Waals surface area (Å²) in [5.41, 5.74) is 0.929. The first-order valence-corrected chi connectivity index (χ1v) is 7.35. The van der Waals surface area contributed by atoms with E-state index in [1.54, 1.807) is 12.1 Å². The summed E-state index contributed by atoms with van der Waals surface area (Å²) in [6, 6.07) is 7.27. The predicted octanol–water partition coefficient (Wildman–Crippen LogP) is 1.90. The minimum Gasteiger partial charge on any atom is -0.309 e. The summed E-state index contributed by atoms with van der Waals surface area (Å²) in [5, 5.41) is 3.32. The van der Waals surface area contributed by atoms with E-state index in [-0.39, 0.29) is 11.8 Å². The molecule has 0 aliphatic carbocycles. The molecule has 88 valence electrons. The van der Waals surface area contributed by atoms with Gasteiger partial charge in [-0.3, -0.25) is 0 Å². The van der Waals surface area contributed by atoms with E-state index in [9.17, 15) is 8.42 Å². The van der Waals surface area contributed by atoms with Gasteiger partial charge in [-0.05, 0) is 24.6 Å². The van der Waals surface area contributed by atoms with Gasteiger partial charge in [0, 0.05) is 6.04 Å². The number of hydrogen-bond acceptors (Lipinski definition) is 3. The monoisotopic (exact) mass is 239 g/mol. The van der Waals surface area contributed by atoms with Gasteiger partial charge >= 0.3 is 0 Å². The minimum atomic E-state index is -3.05. The predicted molar refractivity (Wildman–Crippen MR) is 64.1 cm³/mol. The zero-order valence-electron chi connectivity index (χ0n) is 9.44. The van der Waals surface area contributed by atoms with Crippen molar-refractivity contribution in [1.29, 1.82) is 0 Å². The average Bonchev–Trinajstić information content (AvgIpc) is 2.52. The molecule has 3 nitrogen and oxygen atoms in total. The van der Waals surface area contributed by atoms with Gasteiger partial charge in [-0.2, -0.15) is 0 Å². The van der Waals surface area contributed by atoms with Crippen LogP contribution in [0.15, 0.2) is 29.2 Å². The van der Waals surface area contributed by atoms with Crippen molar-refractivity contribution in [1.82, 2.24) is 5.32 Å². The van der Waals surface area contributed by atoms with Crippen LogP contribution in [0.2, 0.25) is 0 Å². The molecule has 1 heterocycles. The number of unbranched alkanes of at least 4 members (excludes halogenated alkanes) is 1. The maximum Gasteiger partial charge on any atom is 0.180 e. The molecule has 1 aliphatic rings. The second-order valence-corrected chi connectivity index (χ2v) is 6.18. The topological polar surface area (TPSA) is 46.2 Å². The molecule has 1 N–H and O–H groups in total. The first-order chi connectivity index (χ1) is 7.65. The Hall–Kier alpha value is -0.870. The molecule has 1 aromatic rings. The van der Waals surface area contributed by atoms with Crippen molar-refractivity contribution in [3.8, 4) is 0 Å². The molecule has 0 saturated heterocycles. The van der Waals surface area contributed by atoms with Gasteiger partial charge in [-0.15, -0.1) is 0 Å². The van der Waals surface area contributed by atoms with Crippen molar-refractivity contribution in [3.63, 3.8) is 0 Å². The molecular weight excluding hydrogens is 222 g/mol. The second kappa shape index (κ2) is 4.55. The lowest BCUT2D eigenvalue weighted by molar-refractivity contribution is 0.552. The Kier molecular flexibility index (Phi) is 3.30. The van der Waals surface area contributed by atoms with E-state index in [0.29, 0.717) is 4.90 Å². The third-order valence-corrected chi connectivity index (χ3v) is 4.75. The van der Waals surface area contributed by atoms with E-state index in [1.165, 1.54) is 0 Å². The first-order valence-electron chi connectivity index (χ1n) is 5.70. The Morgan fingerprint density at radius 3 is 2.88 bits per heavy atom. The average molecular weight is 239 g/mol. The van der Waals surface area contributed by atoms with E-state index in [0.717, 1.165) is 24.9 Å². The molecule has 1 atom stereocenters. The molecule has 0 bridgehead atoms. The van der Waals surface area contributed by atoms with Crippen LogP contribution in [0, 0.1) is 0 Å². The summed E-state index contributed by atoms with van der Waals surface area (Å²) in [6.45, 7) is 3.01. The Morgan fingerprint density at radius 1 is 1.38 bits per heavy atom. The SMILES string of the molecule is CCCCNC1CS(=O)(=O)c2ccccc21. The van der Waals surface area contributed by atoms with Crippen LogP contribution in [0.25, 0.3) is 0 Å². The smallest absolute Gasteiger partial charge is 0.180 e. The summed E-state index contributed by atoms with van der Waals surface area (Å²) in [4.78, 5) is 0.504. The van der Waals surface area contributed by atoms with Crippen LogP contribution in [0.3, 0.4) is 0 Å². The number of benzene rings is 1. The van der Waals surface area contributed by atoms with Crippen LogP contribution in [-0.4, -0.2) is 20.7 Å². The van der Waals surface area contributed by atoms with Gasteiger partial charge < -0.3 is 5.32 Å². The lowest BCUT2D eigenvalue weighted by Gasteiger charge is -2.11. The maximum atomic E-state index is 11.9. The molecule has 2 rings (SSSR count). The Labute approximate surface area is 96.8 Å². The second-order valence-electron chi connectivity index (χ2n) is 4.18. The normalized spacial score (nSPS) is 21.9. The number of sulfone groups is 1. The van der Waals surface area contributed by atoms with Crippen molar-refractivity contribution < 1.29 is 8.42 Å². The highest BCUT2D eigenvalue weighted by Crippen LogP contribution is 2.32. The molecular formula is C12H17NO2S. The highest BCUT2D eigenvalue weighted by Gasteiger charge is 2.33. The zero-order valence-corrected chi connectivity index (χ0v) is 10.3. The maximum absolute atomic E-state index is 11.9. The van der Waals surface area contributed by atoms with Gasteiger partial charge in [0.25, 0.3) is 0 Å². The standard InChI is InChI=1S/C12H17NO2S/c1-2-3-8-13-11-9-16(14,15)12-7-5-4-6-10(11)12/h4-7,11,13H,2-3,8-9H2,1H3. The zero-order chi connectivity index (χ0) is 11.6. The van der Waals surface area contributed by atoms with Gasteiger partial charge in [-0.25, -0.2) is 8.42 Å². The molecule has 0 aromatic heterocycles. The fraction of sp³-hybridized carbons (Fsp3) is 0.500. The van der Waals surface area contributed by atoms with Crippen LogP contribution in [0.4, 0.5) is 0 Å². The molecule has 1 unspecified atom stereocenters. The highest BCUT2D eigenvalue weighted by molar-refractivity contribution is 7.91. The van der Waals surface area contributed by atoms with E-state index in [2.05, 4.69) is 12.2 Å². The molecule has 0 amide bonds. The van der Waals surface area contributed by atoms with Crippen molar-refractivity contribution >= 4 is 9.84 Å².